The van der Waals surface area contributed by atoms with Crippen molar-refractivity contribution < 1.29 is 18.0 Å². The predicted octanol–water partition coefficient (Wildman–Crippen LogP) is 5.34. The first-order chi connectivity index (χ1) is 18.7. The summed E-state index contributed by atoms with van der Waals surface area (Å²) >= 11 is 0. The Kier molecular flexibility index (Phi) is 9.53. The Balaban J connectivity index is 1.52. The highest BCUT2D eigenvalue weighted by Gasteiger charge is 2.30. The number of halogens is 3. The molecule has 9 heteroatoms. The third kappa shape index (κ3) is 7.53. The van der Waals surface area contributed by atoms with Crippen LogP contribution in [0.2, 0.25) is 0 Å². The Morgan fingerprint density at radius 2 is 1.85 bits per heavy atom. The molecule has 0 radical (unpaired) electrons. The molecule has 39 heavy (non-hydrogen) atoms. The van der Waals surface area contributed by atoms with E-state index in [1.165, 1.54) is 0 Å². The lowest BCUT2D eigenvalue weighted by molar-refractivity contribution is -0.133. The van der Waals surface area contributed by atoms with Gasteiger partial charge in [-0.25, -0.2) is 0 Å². The van der Waals surface area contributed by atoms with Gasteiger partial charge in [0.1, 0.15) is 0 Å². The maximum atomic E-state index is 13.4. The topological polar surface area (TPSA) is 77.2 Å². The van der Waals surface area contributed by atoms with Crippen molar-refractivity contribution in [1.29, 1.82) is 0 Å². The summed E-state index contributed by atoms with van der Waals surface area (Å²) in [6, 6.07) is 8.13. The number of pyridine rings is 1. The van der Waals surface area contributed by atoms with Gasteiger partial charge < -0.3 is 20.5 Å². The molecule has 4 rings (SSSR count). The second kappa shape index (κ2) is 12.9. The zero-order valence-electron chi connectivity index (χ0n) is 22.8. The number of fused-ring (bicyclic) bond motifs is 2. The summed E-state index contributed by atoms with van der Waals surface area (Å²) in [5.41, 5.74) is 4.77. The molecule has 1 saturated carbocycles. The van der Waals surface area contributed by atoms with Gasteiger partial charge in [0.05, 0.1) is 6.42 Å². The minimum atomic E-state index is -4.14. The molecule has 6 nitrogen and oxygen atoms in total. The lowest BCUT2D eigenvalue weighted by Gasteiger charge is -2.39. The minimum absolute atomic E-state index is 0.0418. The van der Waals surface area contributed by atoms with Crippen molar-refractivity contribution in [2.24, 2.45) is 0 Å². The molecule has 1 aromatic carbocycles. The highest BCUT2D eigenvalue weighted by molar-refractivity contribution is 5.97. The summed E-state index contributed by atoms with van der Waals surface area (Å²) in [5.74, 6) is -0.208. The van der Waals surface area contributed by atoms with E-state index in [2.05, 4.69) is 45.7 Å². The highest BCUT2D eigenvalue weighted by Crippen LogP contribution is 2.32. The molecular weight excluding hydrogens is 505 g/mol. The van der Waals surface area contributed by atoms with Crippen LogP contribution in [0.3, 0.4) is 0 Å². The molecule has 2 aliphatic rings. The van der Waals surface area contributed by atoms with Crippen LogP contribution in [0.25, 0.3) is 0 Å². The molecule has 1 aliphatic carbocycles. The summed E-state index contributed by atoms with van der Waals surface area (Å²) in [6.45, 7) is 4.85. The summed E-state index contributed by atoms with van der Waals surface area (Å²) < 4.78 is 37.6. The van der Waals surface area contributed by atoms with Crippen molar-refractivity contribution in [2.75, 3.05) is 18.0 Å². The molecule has 1 aromatic heterocycles. The number of carbonyl (C=O) groups excluding carboxylic acids is 1. The number of hydrogen-bond donors (Lipinski definition) is 3. The minimum Gasteiger partial charge on any atom is -0.369 e. The number of rotatable bonds is 6. The van der Waals surface area contributed by atoms with Crippen molar-refractivity contribution in [1.82, 2.24) is 15.6 Å². The first-order valence-corrected chi connectivity index (χ1v) is 14.0. The molecule has 1 amide bonds. The molecule has 0 unspecified atom stereocenters. The zero-order chi connectivity index (χ0) is 28.0. The molecule has 0 atom stereocenters. The van der Waals surface area contributed by atoms with E-state index in [1.54, 1.807) is 0 Å². The molecule has 0 saturated heterocycles. The molecule has 3 N–H and O–H groups in total. The van der Waals surface area contributed by atoms with Gasteiger partial charge in [0, 0.05) is 54.2 Å². The molecular formula is C30H39F3N4O2. The number of nitrogens with zero attached hydrogens (tertiary/aromatic N) is 1. The Morgan fingerprint density at radius 1 is 1.08 bits per heavy atom. The first-order valence-electron chi connectivity index (χ1n) is 14.0. The van der Waals surface area contributed by atoms with Crippen molar-refractivity contribution in [2.45, 2.75) is 90.0 Å². The largest absolute Gasteiger partial charge is 0.390 e. The average molecular weight is 545 g/mol. The van der Waals surface area contributed by atoms with Gasteiger partial charge in [-0.15, -0.1) is 0 Å². The number of H-pyrrole nitrogens is 1. The van der Waals surface area contributed by atoms with E-state index >= 15 is 0 Å². The number of carbonyl (C=O) groups is 1. The first kappa shape index (κ1) is 28.9. The molecule has 0 spiro atoms. The van der Waals surface area contributed by atoms with Gasteiger partial charge >= 0.3 is 6.18 Å². The Bertz CT molecular complexity index is 1230. The lowest BCUT2D eigenvalue weighted by atomic mass is 9.89. The number of amides is 1. The van der Waals surface area contributed by atoms with Crippen LogP contribution in [0.15, 0.2) is 41.2 Å². The normalized spacial score (nSPS) is 21.1. The molecule has 1 aliphatic heterocycles. The third-order valence-electron chi connectivity index (χ3n) is 7.88. The quantitative estimate of drug-likeness (QED) is 0.430. The molecule has 0 bridgehead atoms. The van der Waals surface area contributed by atoms with Crippen molar-refractivity contribution in [3.8, 4) is 0 Å². The van der Waals surface area contributed by atoms with Crippen LogP contribution in [0.4, 0.5) is 18.9 Å². The van der Waals surface area contributed by atoms with Crippen LogP contribution in [0.1, 0.15) is 78.2 Å². The van der Waals surface area contributed by atoms with Gasteiger partial charge in [-0.2, -0.15) is 13.2 Å². The van der Waals surface area contributed by atoms with Crippen LogP contribution >= 0.6 is 0 Å². The van der Waals surface area contributed by atoms with Gasteiger partial charge in [0.2, 0.25) is 0 Å². The maximum absolute atomic E-state index is 13.4. The van der Waals surface area contributed by atoms with E-state index < -0.39 is 12.6 Å². The van der Waals surface area contributed by atoms with Gasteiger partial charge in [-0.05, 0) is 88.1 Å². The molecule has 2 heterocycles. The zero-order valence-corrected chi connectivity index (χ0v) is 22.8. The number of anilines is 1. The second-order valence-corrected chi connectivity index (χ2v) is 10.6. The van der Waals surface area contributed by atoms with E-state index in [1.807, 2.05) is 25.1 Å². The van der Waals surface area contributed by atoms with Crippen molar-refractivity contribution in [3.05, 3.63) is 74.7 Å². The van der Waals surface area contributed by atoms with E-state index in [-0.39, 0.29) is 36.6 Å². The number of aromatic nitrogens is 1. The maximum Gasteiger partial charge on any atom is 0.390 e. The number of allylic oxidation sites excluding steroid dienone is 2. The smallest absolute Gasteiger partial charge is 0.369 e. The van der Waals surface area contributed by atoms with Crippen molar-refractivity contribution >= 4 is 11.6 Å². The SMILES string of the molecule is CCN(c1cccc2c1C/C=C/CCc1cc(C)[nH]c(=O)c1CNC2=O)[C@H]1CC[C@H](NCCC(F)(F)F)CC1. The summed E-state index contributed by atoms with van der Waals surface area (Å²) in [7, 11) is 0. The highest BCUT2D eigenvalue weighted by atomic mass is 19.4. The Morgan fingerprint density at radius 3 is 2.56 bits per heavy atom. The number of benzene rings is 1. The Labute approximate surface area is 228 Å². The summed E-state index contributed by atoms with van der Waals surface area (Å²) in [5, 5.41) is 6.06. The fourth-order valence-corrected chi connectivity index (χ4v) is 5.93. The Hall–Kier alpha value is -3.07. The van der Waals surface area contributed by atoms with Crippen LogP contribution in [-0.4, -0.2) is 42.2 Å². The lowest BCUT2D eigenvalue weighted by Crippen LogP contribution is -2.43. The molecule has 2 aromatic rings. The molecule has 212 valence electrons. The number of aryl methyl sites for hydroxylation is 2. The van der Waals surface area contributed by atoms with Gasteiger partial charge in [0.15, 0.2) is 0 Å². The van der Waals surface area contributed by atoms with Gasteiger partial charge in [-0.1, -0.05) is 18.2 Å². The van der Waals surface area contributed by atoms with Gasteiger partial charge in [-0.3, -0.25) is 9.59 Å². The second-order valence-electron chi connectivity index (χ2n) is 10.6. The fraction of sp³-hybridized carbons (Fsp3) is 0.533. The van der Waals surface area contributed by atoms with E-state index in [4.69, 9.17) is 0 Å². The van der Waals surface area contributed by atoms with Gasteiger partial charge in [0.25, 0.3) is 11.5 Å². The fourth-order valence-electron chi connectivity index (χ4n) is 5.93. The summed E-state index contributed by atoms with van der Waals surface area (Å²) in [4.78, 5) is 31.3. The molecule has 1 fully saturated rings. The van der Waals surface area contributed by atoms with E-state index in [0.29, 0.717) is 17.5 Å². The van der Waals surface area contributed by atoms with E-state index in [9.17, 15) is 22.8 Å². The number of aromatic amines is 1. The number of hydrogen-bond acceptors (Lipinski definition) is 4. The van der Waals surface area contributed by atoms with E-state index in [0.717, 1.165) is 67.6 Å². The van der Waals surface area contributed by atoms with Crippen molar-refractivity contribution in [3.63, 3.8) is 0 Å². The van der Waals surface area contributed by atoms with Crippen LogP contribution in [0, 0.1) is 6.92 Å². The number of nitrogens with one attached hydrogen (secondary N) is 3. The van der Waals surface area contributed by atoms with Crippen LogP contribution in [-0.2, 0) is 19.4 Å². The average Bonchev–Trinajstić information content (AvgIpc) is 2.88. The monoisotopic (exact) mass is 544 g/mol. The standard InChI is InChI=1S/C30H39F3N4O2/c1-3-37(23-14-12-22(13-15-23)34-17-16-30(31,32)33)27-11-7-10-25-24(27)9-6-4-5-8-21-18-20(2)36-29(39)26(21)19-35-28(25)38/h4,6-7,10-11,18,22-23,34H,3,5,8-9,12-17,19H2,1-2H3,(H,35,38)(H,36,39)/b6-4+/t22-,23-. The predicted molar refractivity (Wildman–Crippen MR) is 148 cm³/mol. The number of alkyl halides is 3. The summed E-state index contributed by atoms with van der Waals surface area (Å²) in [6.07, 6.45) is 4.81. The van der Waals surface area contributed by atoms with Crippen LogP contribution in [0.5, 0.6) is 0 Å². The third-order valence-corrected chi connectivity index (χ3v) is 7.88. The van der Waals surface area contributed by atoms with Crippen LogP contribution < -0.4 is 21.1 Å².